The van der Waals surface area contributed by atoms with E-state index >= 15 is 0 Å². The van der Waals surface area contributed by atoms with Gasteiger partial charge in [0.05, 0.1) is 6.04 Å². The number of piperidine rings is 1. The smallest absolute Gasteiger partial charge is 0.322 e. The van der Waals surface area contributed by atoms with Gasteiger partial charge in [-0.15, -0.1) is 0 Å². The molecule has 0 aromatic carbocycles. The highest BCUT2D eigenvalue weighted by Crippen LogP contribution is 2.32. The fourth-order valence-electron chi connectivity index (χ4n) is 3.36. The van der Waals surface area contributed by atoms with E-state index in [0.29, 0.717) is 17.6 Å². The summed E-state index contributed by atoms with van der Waals surface area (Å²) in [6.07, 6.45) is 1.85. The fourth-order valence-corrected chi connectivity index (χ4v) is 3.58. The Bertz CT molecular complexity index is 643. The summed E-state index contributed by atoms with van der Waals surface area (Å²) in [6.45, 7) is 1.28. The van der Waals surface area contributed by atoms with Crippen LogP contribution >= 0.6 is 12.2 Å². The van der Waals surface area contributed by atoms with Crippen LogP contribution in [0.15, 0.2) is 23.0 Å². The van der Waals surface area contributed by atoms with Crippen molar-refractivity contribution >= 4 is 23.3 Å². The van der Waals surface area contributed by atoms with Crippen LogP contribution in [0.1, 0.15) is 18.2 Å². The number of hydrogen-bond acceptors (Lipinski definition) is 3. The quantitative estimate of drug-likeness (QED) is 0.762. The first-order valence-electron chi connectivity index (χ1n) is 6.99. The maximum Gasteiger partial charge on any atom is 0.322 e. The number of carbonyl (C=O) groups is 1. The normalized spacial score (nSPS) is 23.3. The van der Waals surface area contributed by atoms with E-state index in [2.05, 4.69) is 5.32 Å². The molecule has 1 fully saturated rings. The lowest BCUT2D eigenvalue weighted by Gasteiger charge is -2.44. The van der Waals surface area contributed by atoms with E-state index in [9.17, 15) is 9.59 Å². The molecule has 112 valence electrons. The molecule has 1 aromatic heterocycles. The van der Waals surface area contributed by atoms with Gasteiger partial charge in [-0.3, -0.25) is 9.59 Å². The standard InChI is InChI=1S/C14H17N3O3S/c18-12-3-1-2-10-4-9-5-11(17(10)12)8-16(7-9)14(21)15-6-13(19)20/h1-3,9,11H,4-8H2,(H,15,21)(H,19,20)/t9-,11+/m0/s1. The first kappa shape index (κ1) is 14.1. The number of hydrogen-bond donors (Lipinski definition) is 2. The summed E-state index contributed by atoms with van der Waals surface area (Å²) in [5.41, 5.74) is 1.12. The lowest BCUT2D eigenvalue weighted by atomic mass is 9.86. The van der Waals surface area contributed by atoms with Crippen LogP contribution < -0.4 is 10.9 Å². The lowest BCUT2D eigenvalue weighted by molar-refractivity contribution is -0.135. The largest absolute Gasteiger partial charge is 0.480 e. The molecule has 0 spiro atoms. The average Bonchev–Trinajstić information content (AvgIpc) is 2.44. The Labute approximate surface area is 127 Å². The molecule has 1 aromatic rings. The van der Waals surface area contributed by atoms with Gasteiger partial charge in [0, 0.05) is 24.8 Å². The Hall–Kier alpha value is -1.89. The number of aromatic nitrogens is 1. The van der Waals surface area contributed by atoms with E-state index in [1.807, 2.05) is 21.6 Å². The van der Waals surface area contributed by atoms with E-state index in [4.69, 9.17) is 17.3 Å². The van der Waals surface area contributed by atoms with Crippen LogP contribution in [0.5, 0.6) is 0 Å². The number of carboxylic acid groups (broad SMARTS) is 1. The van der Waals surface area contributed by atoms with Gasteiger partial charge in [0.25, 0.3) is 5.56 Å². The zero-order valence-corrected chi connectivity index (χ0v) is 12.3. The van der Waals surface area contributed by atoms with Crippen molar-refractivity contribution in [1.82, 2.24) is 14.8 Å². The molecule has 2 atom stereocenters. The molecule has 1 saturated heterocycles. The predicted molar refractivity (Wildman–Crippen MR) is 81.4 cm³/mol. The Morgan fingerprint density at radius 3 is 3.00 bits per heavy atom. The first-order valence-corrected chi connectivity index (χ1v) is 7.40. The van der Waals surface area contributed by atoms with Crippen molar-refractivity contribution in [3.05, 3.63) is 34.2 Å². The summed E-state index contributed by atoms with van der Waals surface area (Å²) in [7, 11) is 0. The number of carboxylic acids is 1. The Balaban J connectivity index is 1.78. The van der Waals surface area contributed by atoms with Gasteiger partial charge < -0.3 is 19.9 Å². The van der Waals surface area contributed by atoms with E-state index in [-0.39, 0.29) is 18.1 Å². The number of pyridine rings is 1. The minimum absolute atomic E-state index is 0.0298. The summed E-state index contributed by atoms with van der Waals surface area (Å²) in [6, 6.07) is 5.53. The number of rotatable bonds is 2. The van der Waals surface area contributed by atoms with E-state index in [1.165, 1.54) is 0 Å². The number of nitrogens with one attached hydrogen (secondary N) is 1. The van der Waals surface area contributed by atoms with Crippen molar-refractivity contribution in [2.24, 2.45) is 5.92 Å². The molecule has 3 heterocycles. The van der Waals surface area contributed by atoms with E-state index < -0.39 is 5.97 Å². The third-order valence-corrected chi connectivity index (χ3v) is 4.53. The Kier molecular flexibility index (Phi) is 3.67. The lowest BCUT2D eigenvalue weighted by Crippen LogP contribution is -2.53. The zero-order valence-electron chi connectivity index (χ0n) is 11.5. The van der Waals surface area contributed by atoms with Gasteiger partial charge in [-0.1, -0.05) is 6.07 Å². The maximum atomic E-state index is 12.1. The maximum absolute atomic E-state index is 12.1. The fraction of sp³-hybridized carbons (Fsp3) is 0.500. The van der Waals surface area contributed by atoms with Crippen LogP contribution in [0, 0.1) is 5.92 Å². The molecule has 0 aliphatic carbocycles. The molecule has 2 N–H and O–H groups in total. The van der Waals surface area contributed by atoms with Crippen LogP contribution in [-0.2, 0) is 11.2 Å². The van der Waals surface area contributed by atoms with Crippen molar-refractivity contribution in [2.45, 2.75) is 18.9 Å². The average molecular weight is 307 g/mol. The number of fused-ring (bicyclic) bond motifs is 4. The van der Waals surface area contributed by atoms with E-state index in [1.54, 1.807) is 6.07 Å². The van der Waals surface area contributed by atoms with Gasteiger partial charge in [0.1, 0.15) is 6.54 Å². The molecule has 21 heavy (non-hydrogen) atoms. The molecular formula is C14H17N3O3S. The summed E-state index contributed by atoms with van der Waals surface area (Å²) < 4.78 is 1.86. The molecule has 0 unspecified atom stereocenters. The number of likely N-dealkylation sites (tertiary alicyclic amines) is 1. The predicted octanol–water partition coefficient (Wildman–Crippen LogP) is 0.226. The van der Waals surface area contributed by atoms with Gasteiger partial charge in [-0.2, -0.15) is 0 Å². The Morgan fingerprint density at radius 2 is 2.24 bits per heavy atom. The summed E-state index contributed by atoms with van der Waals surface area (Å²) in [5, 5.41) is 11.9. The summed E-state index contributed by atoms with van der Waals surface area (Å²) in [5.74, 6) is -0.480. The number of aliphatic carboxylic acids is 1. The molecule has 7 heteroatoms. The second kappa shape index (κ2) is 5.48. The third kappa shape index (κ3) is 2.78. The molecule has 0 amide bonds. The highest BCUT2D eigenvalue weighted by molar-refractivity contribution is 7.80. The Morgan fingerprint density at radius 1 is 1.43 bits per heavy atom. The molecular weight excluding hydrogens is 290 g/mol. The van der Waals surface area contributed by atoms with Crippen molar-refractivity contribution < 1.29 is 9.90 Å². The number of nitrogens with zero attached hydrogens (tertiary/aromatic N) is 2. The highest BCUT2D eigenvalue weighted by Gasteiger charge is 2.35. The van der Waals surface area contributed by atoms with Gasteiger partial charge >= 0.3 is 5.97 Å². The van der Waals surface area contributed by atoms with Crippen LogP contribution in [0.25, 0.3) is 0 Å². The van der Waals surface area contributed by atoms with Gasteiger partial charge in [-0.05, 0) is 37.0 Å². The van der Waals surface area contributed by atoms with Gasteiger partial charge in [0.2, 0.25) is 0 Å². The highest BCUT2D eigenvalue weighted by atomic mass is 32.1. The molecule has 2 aliphatic rings. The number of thiocarbonyl (C=S) groups is 1. The van der Waals surface area contributed by atoms with Gasteiger partial charge in [0.15, 0.2) is 5.11 Å². The van der Waals surface area contributed by atoms with Crippen molar-refractivity contribution in [3.63, 3.8) is 0 Å². The monoisotopic (exact) mass is 307 g/mol. The summed E-state index contributed by atoms with van der Waals surface area (Å²) >= 11 is 5.27. The van der Waals surface area contributed by atoms with Crippen LogP contribution in [0.3, 0.4) is 0 Å². The van der Waals surface area contributed by atoms with Crippen molar-refractivity contribution in [2.75, 3.05) is 19.6 Å². The molecule has 6 nitrogen and oxygen atoms in total. The topological polar surface area (TPSA) is 74.6 Å². The second-order valence-corrected chi connectivity index (χ2v) is 6.03. The zero-order chi connectivity index (χ0) is 15.0. The second-order valence-electron chi connectivity index (χ2n) is 5.64. The third-order valence-electron chi connectivity index (χ3n) is 4.13. The SMILES string of the molecule is O=C(O)CNC(=S)N1C[C@H]2Cc3cccc(=O)n3[C@H](C2)C1. The van der Waals surface area contributed by atoms with Crippen molar-refractivity contribution in [3.8, 4) is 0 Å². The molecule has 2 bridgehead atoms. The molecule has 2 aliphatic heterocycles. The van der Waals surface area contributed by atoms with Crippen LogP contribution in [0.2, 0.25) is 0 Å². The minimum atomic E-state index is -0.934. The van der Waals surface area contributed by atoms with Crippen LogP contribution in [0.4, 0.5) is 0 Å². The van der Waals surface area contributed by atoms with E-state index in [0.717, 1.165) is 25.1 Å². The van der Waals surface area contributed by atoms with Gasteiger partial charge in [-0.25, -0.2) is 0 Å². The van der Waals surface area contributed by atoms with Crippen LogP contribution in [-0.4, -0.2) is 45.3 Å². The molecule has 0 radical (unpaired) electrons. The van der Waals surface area contributed by atoms with Crippen molar-refractivity contribution in [1.29, 1.82) is 0 Å². The molecule has 3 rings (SSSR count). The summed E-state index contributed by atoms with van der Waals surface area (Å²) in [4.78, 5) is 24.7. The minimum Gasteiger partial charge on any atom is -0.480 e. The first-order chi connectivity index (χ1) is 10.0. The molecule has 0 saturated carbocycles.